The zero-order chi connectivity index (χ0) is 15.0. The number of hydrogen-bond acceptors (Lipinski definition) is 6. The van der Waals surface area contributed by atoms with Gasteiger partial charge >= 0.3 is 0 Å². The Morgan fingerprint density at radius 2 is 2.14 bits per heavy atom. The van der Waals surface area contributed by atoms with Crippen LogP contribution in [0.3, 0.4) is 0 Å². The van der Waals surface area contributed by atoms with Gasteiger partial charge in [-0.15, -0.1) is 10.2 Å². The molecule has 3 heterocycles. The van der Waals surface area contributed by atoms with Crippen LogP contribution in [0.4, 0.5) is 5.95 Å². The summed E-state index contributed by atoms with van der Waals surface area (Å²) in [6.45, 7) is 5.49. The Labute approximate surface area is 120 Å². The molecule has 0 aliphatic rings. The molecule has 3 rings (SSSR count). The van der Waals surface area contributed by atoms with Gasteiger partial charge in [-0.3, -0.25) is 14.5 Å². The van der Waals surface area contributed by atoms with Crippen LogP contribution >= 0.6 is 0 Å². The predicted octanol–water partition coefficient (Wildman–Crippen LogP) is 1.54. The van der Waals surface area contributed by atoms with Crippen molar-refractivity contribution >= 4 is 17.6 Å². The summed E-state index contributed by atoms with van der Waals surface area (Å²) in [7, 11) is 0. The molecular formula is C13H14N6O2. The normalized spacial score (nSPS) is 11.0. The number of anilines is 1. The third kappa shape index (κ3) is 2.35. The number of nitrogens with one attached hydrogen (secondary N) is 1. The quantitative estimate of drug-likeness (QED) is 0.784. The number of carbonyl (C=O) groups excluding carboxylic acids is 1. The van der Waals surface area contributed by atoms with Gasteiger partial charge in [-0.1, -0.05) is 6.92 Å². The Kier molecular flexibility index (Phi) is 3.13. The molecule has 8 heteroatoms. The predicted molar refractivity (Wildman–Crippen MR) is 74.1 cm³/mol. The lowest BCUT2D eigenvalue weighted by atomic mass is 10.3. The molecule has 21 heavy (non-hydrogen) atoms. The Morgan fingerprint density at radius 1 is 1.33 bits per heavy atom. The number of fused-ring (bicyclic) bond motifs is 1. The summed E-state index contributed by atoms with van der Waals surface area (Å²) in [4.78, 5) is 20.6. The van der Waals surface area contributed by atoms with Crippen LogP contribution in [0, 0.1) is 13.8 Å². The van der Waals surface area contributed by atoms with Crippen LogP contribution in [-0.2, 0) is 6.42 Å². The first kappa shape index (κ1) is 13.2. The lowest BCUT2D eigenvalue weighted by Crippen LogP contribution is -2.14. The van der Waals surface area contributed by atoms with Gasteiger partial charge in [-0.2, -0.15) is 0 Å². The smallest absolute Gasteiger partial charge is 0.295 e. The van der Waals surface area contributed by atoms with Gasteiger partial charge in [0, 0.05) is 18.3 Å². The number of hydrogen-bond donors (Lipinski definition) is 1. The number of nitrogens with zero attached hydrogens (tertiary/aromatic N) is 5. The van der Waals surface area contributed by atoms with E-state index in [0.717, 1.165) is 5.69 Å². The second kappa shape index (κ2) is 4.97. The molecular weight excluding hydrogens is 272 g/mol. The third-order valence-corrected chi connectivity index (χ3v) is 2.99. The minimum absolute atomic E-state index is 0.184. The van der Waals surface area contributed by atoms with Crippen molar-refractivity contribution in [2.45, 2.75) is 27.2 Å². The Bertz CT molecular complexity index is 819. The maximum absolute atomic E-state index is 12.2. The molecule has 0 fully saturated rings. The Morgan fingerprint density at radius 3 is 2.86 bits per heavy atom. The number of carbonyl (C=O) groups is 1. The van der Waals surface area contributed by atoms with E-state index < -0.39 is 5.91 Å². The SMILES string of the molecule is CCc1nc(C)c(C(=O)Nc2nnc3nc(C)ccn23)o1. The van der Waals surface area contributed by atoms with E-state index in [0.29, 0.717) is 23.8 Å². The molecule has 3 aromatic heterocycles. The van der Waals surface area contributed by atoms with E-state index in [1.54, 1.807) is 23.6 Å². The minimum atomic E-state index is -0.408. The van der Waals surface area contributed by atoms with Crippen LogP contribution in [0.25, 0.3) is 5.78 Å². The van der Waals surface area contributed by atoms with E-state index >= 15 is 0 Å². The molecule has 8 nitrogen and oxygen atoms in total. The van der Waals surface area contributed by atoms with Crippen LogP contribution in [0.5, 0.6) is 0 Å². The van der Waals surface area contributed by atoms with Gasteiger partial charge in [0.2, 0.25) is 11.7 Å². The van der Waals surface area contributed by atoms with E-state index in [4.69, 9.17) is 4.42 Å². The standard InChI is InChI=1S/C13H14N6O2/c1-4-9-15-8(3)10(21-9)11(20)16-13-18-17-12-14-7(2)5-6-19(12)13/h5-6H,4H2,1-3H3,(H,16,18,20). The molecule has 0 aliphatic carbocycles. The van der Waals surface area contributed by atoms with Crippen LogP contribution < -0.4 is 5.32 Å². The highest BCUT2D eigenvalue weighted by atomic mass is 16.4. The van der Waals surface area contributed by atoms with Crippen molar-refractivity contribution in [1.29, 1.82) is 0 Å². The van der Waals surface area contributed by atoms with Crippen molar-refractivity contribution in [2.75, 3.05) is 5.32 Å². The van der Waals surface area contributed by atoms with E-state index in [-0.39, 0.29) is 11.7 Å². The van der Waals surface area contributed by atoms with Crippen LogP contribution in [0.1, 0.15) is 34.8 Å². The van der Waals surface area contributed by atoms with Gasteiger partial charge in [-0.05, 0) is 19.9 Å². The highest BCUT2D eigenvalue weighted by Crippen LogP contribution is 2.14. The maximum atomic E-state index is 12.2. The van der Waals surface area contributed by atoms with E-state index in [2.05, 4.69) is 25.5 Å². The molecule has 0 bridgehead atoms. The molecule has 0 aromatic carbocycles. The second-order valence-electron chi connectivity index (χ2n) is 4.59. The second-order valence-corrected chi connectivity index (χ2v) is 4.59. The Hall–Kier alpha value is -2.77. The van der Waals surface area contributed by atoms with Gasteiger partial charge < -0.3 is 4.42 Å². The zero-order valence-corrected chi connectivity index (χ0v) is 11.9. The molecule has 0 aliphatic heterocycles. The van der Waals surface area contributed by atoms with E-state index in [9.17, 15) is 4.79 Å². The number of aryl methyl sites for hydroxylation is 3. The van der Waals surface area contributed by atoms with Gasteiger partial charge in [0.05, 0.1) is 5.69 Å². The topological polar surface area (TPSA) is 98.2 Å². The van der Waals surface area contributed by atoms with Crippen molar-refractivity contribution in [1.82, 2.24) is 24.6 Å². The highest BCUT2D eigenvalue weighted by Gasteiger charge is 2.19. The van der Waals surface area contributed by atoms with Gasteiger partial charge in [0.15, 0.2) is 5.89 Å². The largest absolute Gasteiger partial charge is 0.435 e. The van der Waals surface area contributed by atoms with Crippen LogP contribution in [-0.4, -0.2) is 30.5 Å². The summed E-state index contributed by atoms with van der Waals surface area (Å²) >= 11 is 0. The average Bonchev–Trinajstić information content (AvgIpc) is 3.02. The average molecular weight is 286 g/mol. The first-order chi connectivity index (χ1) is 10.1. The molecule has 0 saturated carbocycles. The maximum Gasteiger partial charge on any atom is 0.295 e. The fraction of sp³-hybridized carbons (Fsp3) is 0.308. The van der Waals surface area contributed by atoms with Gasteiger partial charge in [-0.25, -0.2) is 9.97 Å². The molecule has 1 N–H and O–H groups in total. The first-order valence-corrected chi connectivity index (χ1v) is 6.54. The third-order valence-electron chi connectivity index (χ3n) is 2.99. The van der Waals surface area contributed by atoms with Crippen LogP contribution in [0.2, 0.25) is 0 Å². The minimum Gasteiger partial charge on any atom is -0.435 e. The van der Waals surface area contributed by atoms with Crippen molar-refractivity contribution in [3.05, 3.63) is 35.3 Å². The van der Waals surface area contributed by atoms with E-state index in [1.165, 1.54) is 0 Å². The molecule has 1 amide bonds. The van der Waals surface area contributed by atoms with Crippen LogP contribution in [0.15, 0.2) is 16.7 Å². The van der Waals surface area contributed by atoms with Crippen molar-refractivity contribution in [3.8, 4) is 0 Å². The summed E-state index contributed by atoms with van der Waals surface area (Å²) in [5.74, 6) is 1.02. The first-order valence-electron chi connectivity index (χ1n) is 6.54. The van der Waals surface area contributed by atoms with Crippen molar-refractivity contribution in [2.24, 2.45) is 0 Å². The molecule has 0 atom stereocenters. The lowest BCUT2D eigenvalue weighted by molar-refractivity contribution is 0.0993. The lowest BCUT2D eigenvalue weighted by Gasteiger charge is -2.01. The highest BCUT2D eigenvalue weighted by molar-refractivity contribution is 6.02. The molecule has 0 saturated heterocycles. The molecule has 0 spiro atoms. The monoisotopic (exact) mass is 286 g/mol. The van der Waals surface area contributed by atoms with Gasteiger partial charge in [0.1, 0.15) is 0 Å². The fourth-order valence-corrected chi connectivity index (χ4v) is 1.93. The van der Waals surface area contributed by atoms with Gasteiger partial charge in [0.25, 0.3) is 11.7 Å². The summed E-state index contributed by atoms with van der Waals surface area (Å²) in [5.41, 5.74) is 1.37. The molecule has 0 unspecified atom stereocenters. The Balaban J connectivity index is 1.91. The number of aromatic nitrogens is 5. The summed E-state index contributed by atoms with van der Waals surface area (Å²) < 4.78 is 7.00. The molecule has 3 aromatic rings. The van der Waals surface area contributed by atoms with E-state index in [1.807, 2.05) is 13.8 Å². The number of amides is 1. The fourth-order valence-electron chi connectivity index (χ4n) is 1.93. The summed E-state index contributed by atoms with van der Waals surface area (Å²) in [5, 5.41) is 10.5. The number of oxazole rings is 1. The zero-order valence-electron chi connectivity index (χ0n) is 11.9. The summed E-state index contributed by atoms with van der Waals surface area (Å²) in [6, 6.07) is 1.81. The van der Waals surface area contributed by atoms with Crippen molar-refractivity contribution in [3.63, 3.8) is 0 Å². The van der Waals surface area contributed by atoms with Crippen molar-refractivity contribution < 1.29 is 9.21 Å². The number of rotatable bonds is 3. The molecule has 108 valence electrons. The summed E-state index contributed by atoms with van der Waals surface area (Å²) in [6.07, 6.45) is 2.38. The molecule has 0 radical (unpaired) electrons.